The molecule has 0 aliphatic heterocycles. The van der Waals surface area contributed by atoms with E-state index in [9.17, 15) is 14.4 Å². The van der Waals surface area contributed by atoms with Crippen LogP contribution in [-0.2, 0) is 9.47 Å². The van der Waals surface area contributed by atoms with Crippen LogP contribution in [0.15, 0.2) is 41.8 Å². The van der Waals surface area contributed by atoms with E-state index in [-0.39, 0.29) is 18.0 Å². The summed E-state index contributed by atoms with van der Waals surface area (Å²) in [5.41, 5.74) is 0.00352. The van der Waals surface area contributed by atoms with Crippen LogP contribution >= 0.6 is 11.3 Å². The molecule has 0 saturated carbocycles. The van der Waals surface area contributed by atoms with Crippen molar-refractivity contribution in [2.24, 2.45) is 0 Å². The van der Waals surface area contributed by atoms with E-state index in [2.05, 4.69) is 5.32 Å². The molecule has 1 aromatic heterocycles. The van der Waals surface area contributed by atoms with Crippen LogP contribution in [0, 0.1) is 0 Å². The molecule has 0 aliphatic carbocycles. The molecule has 6 nitrogen and oxygen atoms in total. The van der Waals surface area contributed by atoms with Crippen LogP contribution in [0.4, 0.5) is 10.5 Å². The van der Waals surface area contributed by atoms with Crippen LogP contribution in [-0.4, -0.2) is 30.1 Å². The Balaban J connectivity index is 1.94. The summed E-state index contributed by atoms with van der Waals surface area (Å²) in [5.74, 6) is -0.899. The van der Waals surface area contributed by atoms with Crippen molar-refractivity contribution in [1.82, 2.24) is 0 Å². The van der Waals surface area contributed by atoms with Crippen molar-refractivity contribution in [3.8, 4) is 0 Å². The first kappa shape index (κ1) is 18.7. The fourth-order valence-electron chi connectivity index (χ4n) is 1.87. The van der Waals surface area contributed by atoms with Gasteiger partial charge >= 0.3 is 12.1 Å². The molecule has 0 aliphatic rings. The maximum absolute atomic E-state index is 12.1. The second-order valence-corrected chi connectivity index (χ2v) is 7.13. The molecule has 0 fully saturated rings. The highest BCUT2D eigenvalue weighted by Gasteiger charge is 2.17. The molecule has 1 aromatic carbocycles. The van der Waals surface area contributed by atoms with Gasteiger partial charge in [-0.2, -0.15) is 0 Å². The van der Waals surface area contributed by atoms with E-state index >= 15 is 0 Å². The van der Waals surface area contributed by atoms with Gasteiger partial charge < -0.3 is 9.47 Å². The SMILES string of the molecule is CC(C)(C)OC(=O)Nc1cccc(C(=O)OCC(=O)c2cccs2)c1. The lowest BCUT2D eigenvalue weighted by Gasteiger charge is -2.19. The van der Waals surface area contributed by atoms with E-state index in [0.717, 1.165) is 0 Å². The first-order valence-corrected chi connectivity index (χ1v) is 8.46. The summed E-state index contributed by atoms with van der Waals surface area (Å²) in [5, 5.41) is 4.33. The van der Waals surface area contributed by atoms with Gasteiger partial charge in [-0.15, -0.1) is 11.3 Å². The van der Waals surface area contributed by atoms with E-state index in [4.69, 9.17) is 9.47 Å². The molecule has 1 N–H and O–H groups in total. The molecule has 0 radical (unpaired) electrons. The lowest BCUT2D eigenvalue weighted by Crippen LogP contribution is -2.27. The molecule has 132 valence electrons. The number of benzene rings is 1. The first-order valence-electron chi connectivity index (χ1n) is 7.58. The van der Waals surface area contributed by atoms with Gasteiger partial charge in [-0.25, -0.2) is 9.59 Å². The summed E-state index contributed by atoms with van der Waals surface area (Å²) < 4.78 is 10.2. The Labute approximate surface area is 149 Å². The van der Waals surface area contributed by atoms with Gasteiger partial charge in [-0.3, -0.25) is 10.1 Å². The maximum Gasteiger partial charge on any atom is 0.412 e. The van der Waals surface area contributed by atoms with Crippen molar-refractivity contribution < 1.29 is 23.9 Å². The molecule has 1 amide bonds. The number of ketones is 1. The topological polar surface area (TPSA) is 81.7 Å². The van der Waals surface area contributed by atoms with Gasteiger partial charge in [0, 0.05) is 5.69 Å². The molecule has 2 aromatic rings. The minimum Gasteiger partial charge on any atom is -0.454 e. The van der Waals surface area contributed by atoms with Crippen LogP contribution in [0.5, 0.6) is 0 Å². The van der Waals surface area contributed by atoms with E-state index in [0.29, 0.717) is 10.6 Å². The Morgan fingerprint density at radius 2 is 1.88 bits per heavy atom. The quantitative estimate of drug-likeness (QED) is 0.639. The third-order valence-electron chi connectivity index (χ3n) is 2.87. The molecule has 25 heavy (non-hydrogen) atoms. The Morgan fingerprint density at radius 3 is 2.52 bits per heavy atom. The summed E-state index contributed by atoms with van der Waals surface area (Å²) >= 11 is 1.29. The monoisotopic (exact) mass is 361 g/mol. The standard InChI is InChI=1S/C18H19NO5S/c1-18(2,3)24-17(22)19-13-7-4-6-12(10-13)16(21)23-11-14(20)15-8-5-9-25-15/h4-10H,11H2,1-3H3,(H,19,22). The van der Waals surface area contributed by atoms with Crippen molar-refractivity contribution in [3.63, 3.8) is 0 Å². The molecule has 0 bridgehead atoms. The van der Waals surface area contributed by atoms with Crippen molar-refractivity contribution in [2.75, 3.05) is 11.9 Å². The molecule has 0 unspecified atom stereocenters. The molecule has 7 heteroatoms. The zero-order chi connectivity index (χ0) is 18.4. The number of carbonyl (C=O) groups is 3. The van der Waals surface area contributed by atoms with Crippen LogP contribution in [0.3, 0.4) is 0 Å². The van der Waals surface area contributed by atoms with E-state index in [1.807, 2.05) is 0 Å². The van der Waals surface area contributed by atoms with Gasteiger partial charge in [0.15, 0.2) is 6.61 Å². The predicted molar refractivity (Wildman–Crippen MR) is 95.2 cm³/mol. The molecule has 0 atom stereocenters. The molecule has 1 heterocycles. The van der Waals surface area contributed by atoms with Crippen molar-refractivity contribution in [1.29, 1.82) is 0 Å². The number of amides is 1. The van der Waals surface area contributed by atoms with Gasteiger partial charge in [-0.1, -0.05) is 12.1 Å². The van der Waals surface area contributed by atoms with E-state index in [1.54, 1.807) is 50.4 Å². The fraction of sp³-hybridized carbons (Fsp3) is 0.278. The number of thiophene rings is 1. The molecular weight excluding hydrogens is 342 g/mol. The number of rotatable bonds is 5. The number of nitrogens with one attached hydrogen (secondary N) is 1. The number of hydrogen-bond acceptors (Lipinski definition) is 6. The van der Waals surface area contributed by atoms with Gasteiger partial charge in [-0.05, 0) is 50.4 Å². The minimum atomic E-state index is -0.641. The number of carbonyl (C=O) groups excluding carboxylic acids is 3. The van der Waals surface area contributed by atoms with Gasteiger partial charge in [0.05, 0.1) is 10.4 Å². The molecule has 2 rings (SSSR count). The summed E-state index contributed by atoms with van der Waals surface area (Å²) in [6.45, 7) is 4.93. The number of ether oxygens (including phenoxy) is 2. The summed E-state index contributed by atoms with van der Waals surface area (Å²) in [7, 11) is 0. The number of esters is 1. The normalized spacial score (nSPS) is 10.8. The molecule has 0 spiro atoms. The van der Waals surface area contributed by atoms with Crippen molar-refractivity contribution >= 4 is 34.9 Å². The van der Waals surface area contributed by atoms with E-state index < -0.39 is 17.7 Å². The van der Waals surface area contributed by atoms with Crippen LogP contribution in [0.2, 0.25) is 0 Å². The van der Waals surface area contributed by atoms with Crippen LogP contribution in [0.25, 0.3) is 0 Å². The van der Waals surface area contributed by atoms with Crippen LogP contribution < -0.4 is 5.32 Å². The highest BCUT2D eigenvalue weighted by Crippen LogP contribution is 2.15. The maximum atomic E-state index is 12.1. The lowest BCUT2D eigenvalue weighted by molar-refractivity contribution is 0.0475. The third-order valence-corrected chi connectivity index (χ3v) is 3.78. The summed E-state index contributed by atoms with van der Waals surface area (Å²) in [6.07, 6.45) is -0.620. The summed E-state index contributed by atoms with van der Waals surface area (Å²) in [6, 6.07) is 9.65. The molecule has 0 saturated heterocycles. The lowest BCUT2D eigenvalue weighted by atomic mass is 10.2. The third kappa shape index (κ3) is 6.04. The Morgan fingerprint density at radius 1 is 1.12 bits per heavy atom. The van der Waals surface area contributed by atoms with Gasteiger partial charge in [0.25, 0.3) is 0 Å². The average Bonchev–Trinajstić information content (AvgIpc) is 3.05. The molecular formula is C18H19NO5S. The highest BCUT2D eigenvalue weighted by atomic mass is 32.1. The fourth-order valence-corrected chi connectivity index (χ4v) is 2.52. The Hall–Kier alpha value is -2.67. The Kier molecular flexibility index (Phi) is 5.93. The van der Waals surface area contributed by atoms with Gasteiger partial charge in [0.2, 0.25) is 5.78 Å². The second kappa shape index (κ2) is 7.94. The van der Waals surface area contributed by atoms with E-state index in [1.165, 1.54) is 23.5 Å². The number of hydrogen-bond donors (Lipinski definition) is 1. The summed E-state index contributed by atoms with van der Waals surface area (Å²) in [4.78, 5) is 36.2. The van der Waals surface area contributed by atoms with Gasteiger partial charge in [0.1, 0.15) is 5.60 Å². The highest BCUT2D eigenvalue weighted by molar-refractivity contribution is 7.12. The first-order chi connectivity index (χ1) is 11.7. The zero-order valence-corrected chi connectivity index (χ0v) is 15.0. The smallest absolute Gasteiger partial charge is 0.412 e. The second-order valence-electron chi connectivity index (χ2n) is 6.18. The zero-order valence-electron chi connectivity index (χ0n) is 14.2. The van der Waals surface area contributed by atoms with Crippen molar-refractivity contribution in [3.05, 3.63) is 52.2 Å². The van der Waals surface area contributed by atoms with Crippen molar-refractivity contribution in [2.45, 2.75) is 26.4 Å². The Bertz CT molecular complexity index is 762. The minimum absolute atomic E-state index is 0.229. The number of anilines is 1. The largest absolute Gasteiger partial charge is 0.454 e. The number of Topliss-reactive ketones (excluding diaryl/α,β-unsaturated/α-hetero) is 1. The predicted octanol–water partition coefficient (Wildman–Crippen LogP) is 4.13. The average molecular weight is 361 g/mol. The van der Waals surface area contributed by atoms with Crippen LogP contribution in [0.1, 0.15) is 40.8 Å².